The second-order valence-electron chi connectivity index (χ2n) is 6.02. The van der Waals surface area contributed by atoms with E-state index in [1.807, 2.05) is 0 Å². The zero-order valence-corrected chi connectivity index (χ0v) is 12.6. The summed E-state index contributed by atoms with van der Waals surface area (Å²) < 4.78 is 7.75. The van der Waals surface area contributed by atoms with Crippen LogP contribution in [0.2, 0.25) is 0 Å². The van der Waals surface area contributed by atoms with Crippen molar-refractivity contribution in [1.82, 2.24) is 14.2 Å². The highest BCUT2D eigenvalue weighted by molar-refractivity contribution is 6.65. The third kappa shape index (κ3) is 4.34. The average Bonchev–Trinajstić information content (AvgIpc) is 2.28. The lowest BCUT2D eigenvalue weighted by Gasteiger charge is -2.46. The Kier molecular flexibility index (Phi) is 6.11. The Morgan fingerprint density at radius 3 is 1.53 bits per heavy atom. The predicted molar refractivity (Wildman–Crippen MR) is 81.6 cm³/mol. The van der Waals surface area contributed by atoms with E-state index in [4.69, 9.17) is 0 Å². The van der Waals surface area contributed by atoms with Crippen LogP contribution in [0.1, 0.15) is 54.4 Å². The van der Waals surface area contributed by atoms with Crippen LogP contribution in [0.3, 0.4) is 0 Å². The molecule has 1 saturated heterocycles. The zero-order chi connectivity index (χ0) is 13.0. The van der Waals surface area contributed by atoms with Crippen LogP contribution in [0.25, 0.3) is 0 Å². The fourth-order valence-electron chi connectivity index (χ4n) is 2.37. The molecule has 6 heteroatoms. The first-order chi connectivity index (χ1) is 7.95. The van der Waals surface area contributed by atoms with Gasteiger partial charge in [0.05, 0.1) is 0 Å². The van der Waals surface area contributed by atoms with Crippen LogP contribution < -0.4 is 0 Å². The molecule has 17 heavy (non-hydrogen) atoms. The smallest absolute Gasteiger partial charge is 0.271 e. The molecule has 1 rings (SSSR count). The van der Waals surface area contributed by atoms with E-state index in [-0.39, 0.29) is 0 Å². The largest absolute Gasteiger partial charge is 0.361 e. The monoisotopic (exact) mass is 235 g/mol. The topological polar surface area (TPSA) is 9.72 Å². The van der Waals surface area contributed by atoms with Gasteiger partial charge in [0.1, 0.15) is 0 Å². The number of hydrogen-bond acceptors (Lipinski definition) is 3. The van der Waals surface area contributed by atoms with E-state index in [1.165, 1.54) is 12.8 Å². The summed E-state index contributed by atoms with van der Waals surface area (Å²) in [6.45, 7) is 13.8. The van der Waals surface area contributed by atoms with Crippen molar-refractivity contribution >= 4 is 22.6 Å². The minimum Gasteiger partial charge on any atom is -0.361 e. The molecule has 1 unspecified atom stereocenters. The molecule has 3 nitrogen and oxygen atoms in total. The lowest BCUT2D eigenvalue weighted by Crippen LogP contribution is -2.66. The van der Waals surface area contributed by atoms with Gasteiger partial charge in [-0.25, -0.2) is 0 Å². The van der Waals surface area contributed by atoms with Gasteiger partial charge in [-0.3, -0.25) is 0 Å². The van der Waals surface area contributed by atoms with Crippen molar-refractivity contribution in [1.29, 1.82) is 0 Å². The quantitative estimate of drug-likeness (QED) is 0.649. The highest BCUT2D eigenvalue weighted by atomic mass is 15.3. The van der Waals surface area contributed by atoms with E-state index in [0.717, 1.165) is 22.6 Å². The molecular weight excluding hydrogens is 207 g/mol. The fourth-order valence-corrected chi connectivity index (χ4v) is 2.37. The fraction of sp³-hybridized carbons (Fsp3) is 1.00. The molecule has 0 radical (unpaired) electrons. The van der Waals surface area contributed by atoms with Gasteiger partial charge in [-0.1, -0.05) is 48.0 Å². The van der Waals surface area contributed by atoms with E-state index in [9.17, 15) is 0 Å². The summed E-state index contributed by atoms with van der Waals surface area (Å²) in [5, 5.41) is 0. The Balaban J connectivity index is 2.64. The molecule has 1 aliphatic rings. The molecule has 1 atom stereocenters. The van der Waals surface area contributed by atoms with Crippen molar-refractivity contribution in [2.45, 2.75) is 72.5 Å². The van der Waals surface area contributed by atoms with E-state index in [1.54, 1.807) is 0 Å². The molecular formula is C11H28B3N3. The molecule has 0 spiro atoms. The number of rotatable bonds is 5. The molecule has 0 aromatic heterocycles. The molecule has 0 N–H and O–H groups in total. The van der Waals surface area contributed by atoms with E-state index in [0.29, 0.717) is 18.1 Å². The Morgan fingerprint density at radius 2 is 1.18 bits per heavy atom. The highest BCUT2D eigenvalue weighted by Crippen LogP contribution is 2.13. The van der Waals surface area contributed by atoms with Crippen molar-refractivity contribution in [3.63, 3.8) is 0 Å². The lowest BCUT2D eigenvalue weighted by atomic mass is 9.70. The normalized spacial score (nSPS) is 21.2. The average molecular weight is 235 g/mol. The summed E-state index contributed by atoms with van der Waals surface area (Å²) in [7, 11) is 3.37. The van der Waals surface area contributed by atoms with Crippen LogP contribution in [0, 0.1) is 0 Å². The summed E-state index contributed by atoms with van der Waals surface area (Å²) in [5.74, 6) is 0. The third-order valence-corrected chi connectivity index (χ3v) is 3.88. The van der Waals surface area contributed by atoms with Crippen LogP contribution in [-0.4, -0.2) is 54.9 Å². The maximum absolute atomic E-state index is 2.62. The molecule has 0 amide bonds. The molecule has 0 aromatic rings. The first kappa shape index (κ1) is 15.1. The predicted octanol–water partition coefficient (Wildman–Crippen LogP) is 0.711. The molecule has 96 valence electrons. The van der Waals surface area contributed by atoms with Gasteiger partial charge in [-0.15, -0.1) is 0 Å². The van der Waals surface area contributed by atoms with Gasteiger partial charge in [0.25, 0.3) is 22.6 Å². The molecule has 0 aliphatic carbocycles. The van der Waals surface area contributed by atoms with E-state index < -0.39 is 0 Å². The molecule has 0 aromatic carbocycles. The highest BCUT2D eigenvalue weighted by Gasteiger charge is 2.32. The molecule has 0 saturated carbocycles. The SMILES string of the molecule is CCCC(C)N1BN(C(C)C)BN(C(C)C)B1. The minimum atomic E-state index is 0.632. The second-order valence-corrected chi connectivity index (χ2v) is 6.02. The Labute approximate surface area is 110 Å². The summed E-state index contributed by atoms with van der Waals surface area (Å²) in [6.07, 6.45) is 2.58. The molecule has 0 bridgehead atoms. The van der Waals surface area contributed by atoms with Crippen LogP contribution in [0.4, 0.5) is 0 Å². The Hall–Kier alpha value is 0.0748. The van der Waals surface area contributed by atoms with Gasteiger partial charge in [0.15, 0.2) is 0 Å². The van der Waals surface area contributed by atoms with Crippen LogP contribution in [0.5, 0.6) is 0 Å². The van der Waals surface area contributed by atoms with Crippen molar-refractivity contribution < 1.29 is 0 Å². The summed E-state index contributed by atoms with van der Waals surface area (Å²) in [6, 6.07) is 1.96. The van der Waals surface area contributed by atoms with Gasteiger partial charge in [-0.05, 0) is 24.5 Å². The van der Waals surface area contributed by atoms with Crippen LogP contribution >= 0.6 is 0 Å². The number of nitrogens with zero attached hydrogens (tertiary/aromatic N) is 3. The van der Waals surface area contributed by atoms with Crippen molar-refractivity contribution in [3.8, 4) is 0 Å². The van der Waals surface area contributed by atoms with E-state index >= 15 is 0 Å². The zero-order valence-electron chi connectivity index (χ0n) is 12.6. The minimum absolute atomic E-state index is 0.632. The van der Waals surface area contributed by atoms with Crippen molar-refractivity contribution in [2.75, 3.05) is 0 Å². The Bertz CT molecular complexity index is 210. The van der Waals surface area contributed by atoms with Crippen molar-refractivity contribution in [3.05, 3.63) is 0 Å². The number of hydrogen-bond donors (Lipinski definition) is 0. The first-order valence-corrected chi connectivity index (χ1v) is 7.17. The lowest BCUT2D eigenvalue weighted by molar-refractivity contribution is 0.364. The standard InChI is InChI=1S/C11H28B3N3/c1-7-8-11(6)17-13-15(9(2)3)12-16(14-17)10(4)5/h9-14H,7-8H2,1-6H3. The third-order valence-electron chi connectivity index (χ3n) is 3.88. The van der Waals surface area contributed by atoms with Gasteiger partial charge in [-0.2, -0.15) is 0 Å². The maximum Gasteiger partial charge on any atom is 0.271 e. The van der Waals surface area contributed by atoms with Gasteiger partial charge < -0.3 is 14.2 Å². The van der Waals surface area contributed by atoms with Crippen LogP contribution in [-0.2, 0) is 0 Å². The molecule has 1 fully saturated rings. The maximum atomic E-state index is 2.62. The van der Waals surface area contributed by atoms with Gasteiger partial charge in [0, 0.05) is 0 Å². The Morgan fingerprint density at radius 1 is 0.765 bits per heavy atom. The summed E-state index contributed by atoms with van der Waals surface area (Å²) in [4.78, 5) is 0. The summed E-state index contributed by atoms with van der Waals surface area (Å²) in [5.41, 5.74) is 0. The molecule has 1 aliphatic heterocycles. The molecule has 1 heterocycles. The van der Waals surface area contributed by atoms with Crippen molar-refractivity contribution in [2.24, 2.45) is 0 Å². The second kappa shape index (κ2) is 6.86. The van der Waals surface area contributed by atoms with E-state index in [2.05, 4.69) is 55.7 Å². The summed E-state index contributed by atoms with van der Waals surface area (Å²) >= 11 is 0. The van der Waals surface area contributed by atoms with Crippen LogP contribution in [0.15, 0.2) is 0 Å². The first-order valence-electron chi connectivity index (χ1n) is 7.17. The van der Waals surface area contributed by atoms with Gasteiger partial charge in [0.2, 0.25) is 0 Å². The van der Waals surface area contributed by atoms with Gasteiger partial charge >= 0.3 is 0 Å².